The van der Waals surface area contributed by atoms with Crippen LogP contribution in [0.1, 0.15) is 23.0 Å². The van der Waals surface area contributed by atoms with E-state index in [1.165, 1.54) is 12.4 Å². The Morgan fingerprint density at radius 2 is 2.22 bits per heavy atom. The first-order valence-electron chi connectivity index (χ1n) is 5.35. The average molecular weight is 267 g/mol. The van der Waals surface area contributed by atoms with Crippen LogP contribution in [0.15, 0.2) is 24.8 Å². The molecule has 6 nitrogen and oxygen atoms in total. The van der Waals surface area contributed by atoms with Crippen LogP contribution in [0.5, 0.6) is 0 Å². The Labute approximate surface area is 109 Å². The summed E-state index contributed by atoms with van der Waals surface area (Å²) >= 11 is 5.64. The van der Waals surface area contributed by atoms with E-state index < -0.39 is 0 Å². The Balaban J connectivity index is 2.06. The van der Waals surface area contributed by atoms with Gasteiger partial charge in [0.1, 0.15) is 5.15 Å². The van der Waals surface area contributed by atoms with Gasteiger partial charge in [0.05, 0.1) is 43.0 Å². The van der Waals surface area contributed by atoms with Crippen LogP contribution in [0.2, 0.25) is 5.15 Å². The summed E-state index contributed by atoms with van der Waals surface area (Å²) < 4.78 is 6.46. The van der Waals surface area contributed by atoms with E-state index in [-0.39, 0.29) is 5.97 Å². The molecule has 2 aromatic heterocycles. The van der Waals surface area contributed by atoms with Crippen molar-refractivity contribution in [3.8, 4) is 0 Å². The van der Waals surface area contributed by atoms with Gasteiger partial charge in [-0.05, 0) is 6.92 Å². The standard InChI is InChI=1S/C11H11ClN4O2/c1-2-18-11(17)8-3-15-16(6-8)7-9-4-14-10(12)5-13-9/h3-6H,2,7H2,1H3. The van der Waals surface area contributed by atoms with Crippen LogP contribution < -0.4 is 0 Å². The van der Waals surface area contributed by atoms with Gasteiger partial charge in [-0.25, -0.2) is 9.78 Å². The van der Waals surface area contributed by atoms with Crippen molar-refractivity contribution in [3.05, 3.63) is 41.2 Å². The van der Waals surface area contributed by atoms with Gasteiger partial charge in [-0.15, -0.1) is 0 Å². The third-order valence-corrected chi connectivity index (χ3v) is 2.34. The minimum atomic E-state index is -0.383. The first-order valence-corrected chi connectivity index (χ1v) is 5.73. The molecule has 0 unspecified atom stereocenters. The fraction of sp³-hybridized carbons (Fsp3) is 0.273. The van der Waals surface area contributed by atoms with Gasteiger partial charge in [-0.1, -0.05) is 11.6 Å². The summed E-state index contributed by atoms with van der Waals surface area (Å²) in [7, 11) is 0. The van der Waals surface area contributed by atoms with Crippen molar-refractivity contribution in [3.63, 3.8) is 0 Å². The number of halogens is 1. The van der Waals surface area contributed by atoms with Crippen LogP contribution in [0.3, 0.4) is 0 Å². The molecular weight excluding hydrogens is 256 g/mol. The van der Waals surface area contributed by atoms with Crippen LogP contribution in [-0.2, 0) is 11.3 Å². The highest BCUT2D eigenvalue weighted by Crippen LogP contribution is 2.05. The van der Waals surface area contributed by atoms with Crippen molar-refractivity contribution in [2.45, 2.75) is 13.5 Å². The molecule has 18 heavy (non-hydrogen) atoms. The lowest BCUT2D eigenvalue weighted by molar-refractivity contribution is 0.0526. The van der Waals surface area contributed by atoms with Gasteiger partial charge >= 0.3 is 5.97 Å². The van der Waals surface area contributed by atoms with Gasteiger partial charge in [0.15, 0.2) is 0 Å². The van der Waals surface area contributed by atoms with Crippen LogP contribution in [0.25, 0.3) is 0 Å². The van der Waals surface area contributed by atoms with Crippen molar-refractivity contribution in [1.82, 2.24) is 19.7 Å². The molecule has 0 bridgehead atoms. The van der Waals surface area contributed by atoms with Crippen LogP contribution in [-0.4, -0.2) is 32.3 Å². The lowest BCUT2D eigenvalue weighted by Crippen LogP contribution is -2.04. The Morgan fingerprint density at radius 3 is 2.89 bits per heavy atom. The number of esters is 1. The largest absolute Gasteiger partial charge is 0.462 e. The fourth-order valence-corrected chi connectivity index (χ4v) is 1.45. The van der Waals surface area contributed by atoms with Gasteiger partial charge < -0.3 is 4.74 Å². The third kappa shape index (κ3) is 3.04. The van der Waals surface area contributed by atoms with E-state index in [9.17, 15) is 4.79 Å². The minimum absolute atomic E-state index is 0.339. The summed E-state index contributed by atoms with van der Waals surface area (Å²) in [6.45, 7) is 2.52. The number of ether oxygens (including phenoxy) is 1. The van der Waals surface area contributed by atoms with Crippen molar-refractivity contribution < 1.29 is 9.53 Å². The predicted molar refractivity (Wildman–Crippen MR) is 64.3 cm³/mol. The molecule has 0 atom stereocenters. The highest BCUT2D eigenvalue weighted by Gasteiger charge is 2.09. The van der Waals surface area contributed by atoms with E-state index in [0.29, 0.717) is 29.6 Å². The van der Waals surface area contributed by atoms with Crippen LogP contribution in [0, 0.1) is 0 Å². The van der Waals surface area contributed by atoms with Gasteiger partial charge in [0.2, 0.25) is 0 Å². The Kier molecular flexibility index (Phi) is 3.88. The maximum absolute atomic E-state index is 11.4. The Morgan fingerprint density at radius 1 is 1.39 bits per heavy atom. The summed E-state index contributed by atoms with van der Waals surface area (Å²) in [5.41, 5.74) is 1.12. The lowest BCUT2D eigenvalue weighted by atomic mass is 10.4. The average Bonchev–Trinajstić information content (AvgIpc) is 2.81. The molecule has 0 aliphatic rings. The summed E-state index contributed by atoms with van der Waals surface area (Å²) in [5.74, 6) is -0.383. The number of rotatable bonds is 4. The number of aromatic nitrogens is 4. The molecule has 0 radical (unpaired) electrons. The molecule has 0 aromatic carbocycles. The van der Waals surface area contributed by atoms with E-state index in [1.54, 1.807) is 24.0 Å². The van der Waals surface area contributed by atoms with Crippen molar-refractivity contribution in [1.29, 1.82) is 0 Å². The normalized spacial score (nSPS) is 10.3. The third-order valence-electron chi connectivity index (χ3n) is 2.14. The summed E-state index contributed by atoms with van der Waals surface area (Å²) in [6.07, 6.45) is 6.09. The zero-order valence-corrected chi connectivity index (χ0v) is 10.5. The topological polar surface area (TPSA) is 69.9 Å². The molecule has 0 amide bonds. The molecule has 0 aliphatic carbocycles. The second-order valence-corrected chi connectivity index (χ2v) is 3.86. The molecule has 0 saturated heterocycles. The van der Waals surface area contributed by atoms with Gasteiger partial charge in [0, 0.05) is 6.20 Å². The zero-order valence-electron chi connectivity index (χ0n) is 9.71. The molecule has 0 aliphatic heterocycles. The number of hydrogen-bond donors (Lipinski definition) is 0. The van der Waals surface area contributed by atoms with Crippen molar-refractivity contribution in [2.75, 3.05) is 6.61 Å². The van der Waals surface area contributed by atoms with Gasteiger partial charge in [-0.3, -0.25) is 9.67 Å². The molecular formula is C11H11ClN4O2. The molecule has 0 spiro atoms. The summed E-state index contributed by atoms with van der Waals surface area (Å²) in [5, 5.41) is 4.39. The highest BCUT2D eigenvalue weighted by molar-refractivity contribution is 6.29. The lowest BCUT2D eigenvalue weighted by Gasteiger charge is -2.00. The molecule has 2 rings (SSSR count). The molecule has 2 aromatic rings. The van der Waals surface area contributed by atoms with E-state index in [1.807, 2.05) is 0 Å². The number of hydrogen-bond acceptors (Lipinski definition) is 5. The van der Waals surface area contributed by atoms with Gasteiger partial charge in [-0.2, -0.15) is 5.10 Å². The number of carbonyl (C=O) groups excluding carboxylic acids is 1. The molecule has 7 heteroatoms. The smallest absolute Gasteiger partial charge is 0.341 e. The quantitative estimate of drug-likeness (QED) is 0.786. The number of nitrogens with zero attached hydrogens (tertiary/aromatic N) is 4. The van der Waals surface area contributed by atoms with Crippen LogP contribution >= 0.6 is 11.6 Å². The molecule has 0 fully saturated rings. The second-order valence-electron chi connectivity index (χ2n) is 3.48. The molecule has 0 N–H and O–H groups in total. The number of carbonyl (C=O) groups is 1. The van der Waals surface area contributed by atoms with E-state index in [4.69, 9.17) is 16.3 Å². The summed E-state index contributed by atoms with van der Waals surface area (Å²) in [6, 6.07) is 0. The SMILES string of the molecule is CCOC(=O)c1cnn(Cc2cnc(Cl)cn2)c1. The fourth-order valence-electron chi connectivity index (χ4n) is 1.36. The zero-order chi connectivity index (χ0) is 13.0. The van der Waals surface area contributed by atoms with Crippen molar-refractivity contribution in [2.24, 2.45) is 0 Å². The molecule has 2 heterocycles. The van der Waals surface area contributed by atoms with E-state index >= 15 is 0 Å². The predicted octanol–water partition coefficient (Wildman–Crippen LogP) is 1.55. The first kappa shape index (κ1) is 12.5. The van der Waals surface area contributed by atoms with E-state index in [2.05, 4.69) is 15.1 Å². The summed E-state index contributed by atoms with van der Waals surface area (Å²) in [4.78, 5) is 19.4. The Hall–Kier alpha value is -1.95. The molecule has 94 valence electrons. The second kappa shape index (κ2) is 5.59. The van der Waals surface area contributed by atoms with Crippen LogP contribution in [0.4, 0.5) is 0 Å². The minimum Gasteiger partial charge on any atom is -0.462 e. The maximum Gasteiger partial charge on any atom is 0.341 e. The first-order chi connectivity index (χ1) is 8.69. The monoisotopic (exact) mass is 266 g/mol. The van der Waals surface area contributed by atoms with Crippen molar-refractivity contribution >= 4 is 17.6 Å². The van der Waals surface area contributed by atoms with E-state index in [0.717, 1.165) is 0 Å². The Bertz CT molecular complexity index is 538. The highest BCUT2D eigenvalue weighted by atomic mass is 35.5. The maximum atomic E-state index is 11.4. The van der Waals surface area contributed by atoms with Gasteiger partial charge in [0.25, 0.3) is 0 Å². The molecule has 0 saturated carbocycles.